The van der Waals surface area contributed by atoms with Crippen LogP contribution in [0.15, 0.2) is 18.2 Å². The second-order valence-corrected chi connectivity index (χ2v) is 5.33. The largest absolute Gasteiger partial charge is 0.481 e. The predicted molar refractivity (Wildman–Crippen MR) is 76.3 cm³/mol. The van der Waals surface area contributed by atoms with Crippen molar-refractivity contribution in [2.24, 2.45) is 11.8 Å². The van der Waals surface area contributed by atoms with Gasteiger partial charge >= 0.3 is 5.97 Å². The van der Waals surface area contributed by atoms with Crippen LogP contribution in [0.4, 0.5) is 4.39 Å². The van der Waals surface area contributed by atoms with Crippen molar-refractivity contribution in [3.8, 4) is 0 Å². The molecule has 1 aromatic rings. The quantitative estimate of drug-likeness (QED) is 0.722. The number of rotatable bonds is 8. The molecule has 1 amide bonds. The van der Waals surface area contributed by atoms with Gasteiger partial charge in [0.25, 0.3) is 5.91 Å². The third kappa shape index (κ3) is 6.33. The molecular weight excluding hydrogens is 275 g/mol. The average molecular weight is 296 g/mol. The Balaban J connectivity index is 2.43. The Labute approximate surface area is 123 Å². The Morgan fingerprint density at radius 1 is 1.33 bits per heavy atom. The number of aliphatic carboxylic acids is 1. The smallest absolute Gasteiger partial charge is 0.303 e. The highest BCUT2D eigenvalue weighted by Gasteiger charge is 2.15. The first kappa shape index (κ1) is 17.1. The number of hydrogen-bond donors (Lipinski definition) is 2. The van der Waals surface area contributed by atoms with E-state index in [0.29, 0.717) is 25.3 Å². The van der Waals surface area contributed by atoms with Crippen molar-refractivity contribution in [3.63, 3.8) is 0 Å². The monoisotopic (exact) mass is 296 g/mol. The molecule has 1 rings (SSSR count). The summed E-state index contributed by atoms with van der Waals surface area (Å²) < 4.78 is 12.9. The van der Waals surface area contributed by atoms with E-state index in [9.17, 15) is 14.0 Å². The van der Waals surface area contributed by atoms with Crippen molar-refractivity contribution in [2.45, 2.75) is 33.1 Å². The Bertz CT molecular complexity index is 492. The van der Waals surface area contributed by atoms with E-state index in [0.717, 1.165) is 0 Å². The van der Waals surface area contributed by atoms with Crippen LogP contribution in [0.5, 0.6) is 0 Å². The lowest BCUT2D eigenvalue weighted by Crippen LogP contribution is -2.28. The lowest BCUT2D eigenvalue weighted by molar-refractivity contribution is -0.137. The van der Waals surface area contributed by atoms with Crippen LogP contribution in [0.2, 0.25) is 0 Å². The van der Waals surface area contributed by atoms with Crippen molar-refractivity contribution in [1.29, 1.82) is 0 Å². The third-order valence-electron chi connectivity index (χ3n) is 3.42. The Morgan fingerprint density at radius 3 is 2.62 bits per heavy atom. The molecule has 0 aliphatic carbocycles. The fourth-order valence-corrected chi connectivity index (χ4v) is 2.12. The lowest BCUT2D eigenvalue weighted by Gasteiger charge is -2.20. The average Bonchev–Trinajstić information content (AvgIpc) is 2.41. The molecule has 6 heteroatoms. The highest BCUT2D eigenvalue weighted by atomic mass is 19.1. The molecule has 5 nitrogen and oxygen atoms in total. The summed E-state index contributed by atoms with van der Waals surface area (Å²) in [7, 11) is 0. The molecule has 0 aliphatic heterocycles. The third-order valence-corrected chi connectivity index (χ3v) is 3.42. The number of nitrogens with zero attached hydrogens (tertiary/aromatic N) is 1. The minimum atomic E-state index is -0.811. The molecule has 21 heavy (non-hydrogen) atoms. The summed E-state index contributed by atoms with van der Waals surface area (Å²) in [5.41, 5.74) is 0.0432. The number of carbonyl (C=O) groups is 2. The molecule has 116 valence electrons. The van der Waals surface area contributed by atoms with Gasteiger partial charge in [0.15, 0.2) is 0 Å². The zero-order valence-corrected chi connectivity index (χ0v) is 12.3. The van der Waals surface area contributed by atoms with Crippen molar-refractivity contribution in [1.82, 2.24) is 10.3 Å². The number of amides is 1. The number of hydrogen-bond acceptors (Lipinski definition) is 3. The van der Waals surface area contributed by atoms with Gasteiger partial charge in [-0.2, -0.15) is 4.39 Å². The van der Waals surface area contributed by atoms with Gasteiger partial charge < -0.3 is 10.4 Å². The van der Waals surface area contributed by atoms with Crippen LogP contribution in [0.1, 0.15) is 43.6 Å². The summed E-state index contributed by atoms with van der Waals surface area (Å²) in [5.74, 6) is -1.36. The highest BCUT2D eigenvalue weighted by Crippen LogP contribution is 2.20. The summed E-state index contributed by atoms with van der Waals surface area (Å²) in [4.78, 5) is 25.9. The highest BCUT2D eigenvalue weighted by molar-refractivity contribution is 5.92. The van der Waals surface area contributed by atoms with Crippen LogP contribution in [-0.4, -0.2) is 28.5 Å². The molecule has 1 unspecified atom stereocenters. The normalized spacial score (nSPS) is 12.2. The van der Waals surface area contributed by atoms with Gasteiger partial charge in [-0.15, -0.1) is 0 Å². The van der Waals surface area contributed by atoms with Gasteiger partial charge in [0, 0.05) is 13.0 Å². The van der Waals surface area contributed by atoms with Crippen molar-refractivity contribution in [2.75, 3.05) is 6.54 Å². The number of aromatic nitrogens is 1. The van der Waals surface area contributed by atoms with Gasteiger partial charge in [0.1, 0.15) is 5.69 Å². The van der Waals surface area contributed by atoms with Crippen LogP contribution >= 0.6 is 0 Å². The van der Waals surface area contributed by atoms with Gasteiger partial charge in [0.2, 0.25) is 5.95 Å². The van der Waals surface area contributed by atoms with Crippen LogP contribution < -0.4 is 5.32 Å². The van der Waals surface area contributed by atoms with Gasteiger partial charge in [-0.25, -0.2) is 4.98 Å². The molecule has 2 N–H and O–H groups in total. The molecule has 0 bridgehead atoms. The fraction of sp³-hybridized carbons (Fsp3) is 0.533. The summed E-state index contributed by atoms with van der Waals surface area (Å²) in [6.45, 7) is 4.48. The summed E-state index contributed by atoms with van der Waals surface area (Å²) in [6, 6.07) is 4.06. The first-order valence-corrected chi connectivity index (χ1v) is 7.02. The van der Waals surface area contributed by atoms with E-state index in [1.165, 1.54) is 18.2 Å². The Hall–Kier alpha value is -1.98. The Morgan fingerprint density at radius 2 is 2.05 bits per heavy atom. The summed E-state index contributed by atoms with van der Waals surface area (Å²) >= 11 is 0. The molecule has 1 atom stereocenters. The molecule has 0 spiro atoms. The minimum absolute atomic E-state index is 0.0432. The topological polar surface area (TPSA) is 79.3 Å². The van der Waals surface area contributed by atoms with Gasteiger partial charge in [0.05, 0.1) is 0 Å². The number of carboxylic acids is 1. The van der Waals surface area contributed by atoms with E-state index < -0.39 is 17.8 Å². The molecule has 0 aromatic carbocycles. The van der Waals surface area contributed by atoms with E-state index >= 15 is 0 Å². The maximum absolute atomic E-state index is 12.9. The molecule has 0 aliphatic rings. The van der Waals surface area contributed by atoms with Crippen LogP contribution in [0.25, 0.3) is 0 Å². The summed E-state index contributed by atoms with van der Waals surface area (Å²) in [5, 5.41) is 11.4. The van der Waals surface area contributed by atoms with Crippen LogP contribution in [0.3, 0.4) is 0 Å². The molecule has 0 saturated carbocycles. The SMILES string of the molecule is CC(C)C(CCNC(=O)c1cccc(F)n1)CCC(=O)O. The molecule has 0 fully saturated rings. The van der Waals surface area contributed by atoms with Crippen LogP contribution in [-0.2, 0) is 4.79 Å². The number of carboxylic acid groups (broad SMARTS) is 1. The molecule has 1 aromatic heterocycles. The first-order valence-electron chi connectivity index (χ1n) is 7.02. The van der Waals surface area contributed by atoms with E-state index in [-0.39, 0.29) is 18.0 Å². The molecule has 0 saturated heterocycles. The van der Waals surface area contributed by atoms with Gasteiger partial charge in [-0.3, -0.25) is 9.59 Å². The predicted octanol–water partition coefficient (Wildman–Crippen LogP) is 2.48. The number of nitrogens with one attached hydrogen (secondary N) is 1. The second-order valence-electron chi connectivity index (χ2n) is 5.33. The zero-order chi connectivity index (χ0) is 15.8. The molecule has 0 radical (unpaired) electrons. The summed E-state index contributed by atoms with van der Waals surface area (Å²) in [6.07, 6.45) is 1.40. The maximum atomic E-state index is 12.9. The lowest BCUT2D eigenvalue weighted by atomic mass is 9.88. The standard InChI is InChI=1S/C15H21FN2O3/c1-10(2)11(6-7-14(19)20)8-9-17-15(21)12-4-3-5-13(16)18-12/h3-5,10-11H,6-9H2,1-2H3,(H,17,21)(H,19,20). The van der Waals surface area contributed by atoms with E-state index in [4.69, 9.17) is 5.11 Å². The van der Waals surface area contributed by atoms with Gasteiger partial charge in [-0.1, -0.05) is 19.9 Å². The van der Waals surface area contributed by atoms with Crippen molar-refractivity contribution < 1.29 is 19.1 Å². The van der Waals surface area contributed by atoms with Crippen LogP contribution in [0, 0.1) is 17.8 Å². The molecular formula is C15H21FN2O3. The number of carbonyl (C=O) groups excluding carboxylic acids is 1. The van der Waals surface area contributed by atoms with E-state index in [1.807, 2.05) is 13.8 Å². The van der Waals surface area contributed by atoms with E-state index in [1.54, 1.807) is 0 Å². The van der Waals surface area contributed by atoms with Crippen molar-refractivity contribution in [3.05, 3.63) is 29.8 Å². The Kier molecular flexibility index (Phi) is 6.78. The molecule has 1 heterocycles. The fourth-order valence-electron chi connectivity index (χ4n) is 2.12. The minimum Gasteiger partial charge on any atom is -0.481 e. The van der Waals surface area contributed by atoms with Crippen molar-refractivity contribution >= 4 is 11.9 Å². The number of halogens is 1. The van der Waals surface area contributed by atoms with Gasteiger partial charge in [-0.05, 0) is 36.8 Å². The zero-order valence-electron chi connectivity index (χ0n) is 12.3. The second kappa shape index (κ2) is 8.34. The number of pyridine rings is 1. The maximum Gasteiger partial charge on any atom is 0.303 e. The van der Waals surface area contributed by atoms with E-state index in [2.05, 4.69) is 10.3 Å². The first-order chi connectivity index (χ1) is 9.90.